The van der Waals surface area contributed by atoms with Gasteiger partial charge in [0, 0.05) is 17.1 Å². The molecule has 0 saturated carbocycles. The fraction of sp³-hybridized carbons (Fsp3) is 0.350. The second-order valence-corrected chi connectivity index (χ2v) is 10.1. The number of carbonyl (C=O) groups is 1. The highest BCUT2D eigenvalue weighted by Crippen LogP contribution is 2.37. The molecule has 1 aliphatic heterocycles. The Balaban J connectivity index is 1.76. The van der Waals surface area contributed by atoms with Gasteiger partial charge in [-0.3, -0.25) is 4.90 Å². The van der Waals surface area contributed by atoms with Gasteiger partial charge in [-0.05, 0) is 66.1 Å². The number of rotatable bonds is 7. The average Bonchev–Trinajstić information content (AvgIpc) is 3.18. The molecule has 4 N–H and O–H groups in total. The third-order valence-electron chi connectivity index (χ3n) is 5.14. The zero-order chi connectivity index (χ0) is 22.6. The molecule has 0 aromatic heterocycles. The topological polar surface area (TPSA) is 111 Å². The van der Waals surface area contributed by atoms with E-state index in [0.717, 1.165) is 25.9 Å². The van der Waals surface area contributed by atoms with E-state index in [0.29, 0.717) is 10.2 Å². The number of carbonyl (C=O) groups excluding carboxylic acids is 1. The molecule has 3 rings (SSSR count). The zero-order valence-corrected chi connectivity index (χ0v) is 20.0. The van der Waals surface area contributed by atoms with Gasteiger partial charge < -0.3 is 15.7 Å². The summed E-state index contributed by atoms with van der Waals surface area (Å²) in [5.74, 6) is -0.624. The van der Waals surface area contributed by atoms with Gasteiger partial charge in [-0.25, -0.2) is 17.9 Å². The molecule has 1 fully saturated rings. The Labute approximate surface area is 195 Å². The van der Waals surface area contributed by atoms with Gasteiger partial charge in [0.05, 0.1) is 16.4 Å². The lowest BCUT2D eigenvalue weighted by atomic mass is 10.2. The number of anilines is 2. The van der Waals surface area contributed by atoms with Crippen molar-refractivity contribution in [2.75, 3.05) is 30.3 Å². The fourth-order valence-electron chi connectivity index (χ4n) is 3.56. The van der Waals surface area contributed by atoms with Gasteiger partial charge in [-0.1, -0.05) is 30.7 Å². The predicted octanol–water partition coefficient (Wildman–Crippen LogP) is 4.21. The van der Waals surface area contributed by atoms with E-state index >= 15 is 0 Å². The number of halogens is 2. The summed E-state index contributed by atoms with van der Waals surface area (Å²) in [6.45, 7) is 4.02. The van der Waals surface area contributed by atoms with Crippen LogP contribution in [0.1, 0.15) is 19.8 Å². The van der Waals surface area contributed by atoms with Crippen LogP contribution in [0.2, 0.25) is 5.02 Å². The molecule has 2 aromatic rings. The standard InChI is InChI=1S/C20H24BrClN4O4S/c1-2-26-11-5-6-13(26)12-23-31(29,30)19-15(22)9-10-17(18(19)27)25-20(28)24-16-8-4-3-7-14(16)21/h3-4,7-10,13,23,27H,2,5-6,11-12H2,1H3,(H2,24,25,28). The Morgan fingerprint density at radius 1 is 1.23 bits per heavy atom. The number of hydrogen-bond donors (Lipinski definition) is 4. The van der Waals surface area contributed by atoms with Crippen LogP contribution in [0, 0.1) is 0 Å². The highest BCUT2D eigenvalue weighted by atomic mass is 79.9. The van der Waals surface area contributed by atoms with Crippen LogP contribution in [0.4, 0.5) is 16.2 Å². The molecule has 0 radical (unpaired) electrons. The molecule has 11 heteroatoms. The number of phenolic OH excluding ortho intramolecular Hbond substituents is 1. The number of sulfonamides is 1. The van der Waals surface area contributed by atoms with Crippen LogP contribution in [0.25, 0.3) is 0 Å². The number of likely N-dealkylation sites (N-methyl/N-ethyl adjacent to an activating group) is 1. The summed E-state index contributed by atoms with van der Waals surface area (Å²) in [6, 6.07) is 9.10. The summed E-state index contributed by atoms with van der Waals surface area (Å²) in [4.78, 5) is 14.1. The molecule has 31 heavy (non-hydrogen) atoms. The van der Waals surface area contributed by atoms with Crippen LogP contribution in [0.3, 0.4) is 0 Å². The van der Waals surface area contributed by atoms with Crippen LogP contribution in [-0.4, -0.2) is 50.1 Å². The van der Waals surface area contributed by atoms with Gasteiger partial charge in [-0.2, -0.15) is 0 Å². The van der Waals surface area contributed by atoms with Crippen molar-refractivity contribution in [1.29, 1.82) is 0 Å². The lowest BCUT2D eigenvalue weighted by molar-refractivity contribution is 0.262. The first-order valence-electron chi connectivity index (χ1n) is 9.80. The average molecular weight is 532 g/mol. The molecule has 8 nitrogen and oxygen atoms in total. The second kappa shape index (κ2) is 10.2. The van der Waals surface area contributed by atoms with Crippen molar-refractivity contribution < 1.29 is 18.3 Å². The van der Waals surface area contributed by atoms with Crippen molar-refractivity contribution in [1.82, 2.24) is 9.62 Å². The number of nitrogens with one attached hydrogen (secondary N) is 3. The lowest BCUT2D eigenvalue weighted by Crippen LogP contribution is -2.40. The fourth-order valence-corrected chi connectivity index (χ4v) is 5.65. The van der Waals surface area contributed by atoms with Gasteiger partial charge in [0.25, 0.3) is 0 Å². The maximum absolute atomic E-state index is 12.9. The molecule has 1 unspecified atom stereocenters. The van der Waals surface area contributed by atoms with Crippen molar-refractivity contribution in [2.24, 2.45) is 0 Å². The van der Waals surface area contributed by atoms with E-state index in [4.69, 9.17) is 11.6 Å². The molecule has 0 spiro atoms. The number of likely N-dealkylation sites (tertiary alicyclic amines) is 1. The van der Waals surface area contributed by atoms with Gasteiger partial charge >= 0.3 is 6.03 Å². The van der Waals surface area contributed by atoms with Crippen LogP contribution >= 0.6 is 27.5 Å². The smallest absolute Gasteiger partial charge is 0.323 e. The minimum Gasteiger partial charge on any atom is -0.504 e. The van der Waals surface area contributed by atoms with Crippen LogP contribution in [0.15, 0.2) is 45.8 Å². The maximum atomic E-state index is 12.9. The number of urea groups is 1. The van der Waals surface area contributed by atoms with Crippen molar-refractivity contribution >= 4 is 55.0 Å². The number of aromatic hydroxyl groups is 1. The molecule has 1 saturated heterocycles. The first-order chi connectivity index (χ1) is 14.7. The quantitative estimate of drug-likeness (QED) is 0.400. The first kappa shape index (κ1) is 23.8. The van der Waals surface area contributed by atoms with Gasteiger partial charge in [0.1, 0.15) is 4.90 Å². The monoisotopic (exact) mass is 530 g/mol. The van der Waals surface area contributed by atoms with Gasteiger partial charge in [0.15, 0.2) is 5.75 Å². The Morgan fingerprint density at radius 2 is 1.94 bits per heavy atom. The highest BCUT2D eigenvalue weighted by molar-refractivity contribution is 9.10. The molecule has 1 heterocycles. The van der Waals surface area contributed by atoms with Crippen molar-refractivity contribution in [3.05, 3.63) is 45.9 Å². The number of hydrogen-bond acceptors (Lipinski definition) is 5. The van der Waals surface area contributed by atoms with Crippen LogP contribution < -0.4 is 15.4 Å². The molecule has 1 aliphatic rings. The summed E-state index contributed by atoms with van der Waals surface area (Å²) in [5, 5.41) is 15.5. The number of amides is 2. The molecule has 1 atom stereocenters. The van der Waals surface area contributed by atoms with E-state index in [1.165, 1.54) is 12.1 Å². The summed E-state index contributed by atoms with van der Waals surface area (Å²) >= 11 is 9.43. The minimum atomic E-state index is -4.10. The molecule has 0 bridgehead atoms. The largest absolute Gasteiger partial charge is 0.504 e. The zero-order valence-electron chi connectivity index (χ0n) is 16.9. The van der Waals surface area contributed by atoms with E-state index < -0.39 is 26.7 Å². The van der Waals surface area contributed by atoms with E-state index in [9.17, 15) is 18.3 Å². The molecular weight excluding hydrogens is 508 g/mol. The number of phenols is 1. The SMILES string of the molecule is CCN1CCCC1CNS(=O)(=O)c1c(Cl)ccc(NC(=O)Nc2ccccc2Br)c1O. The number of para-hydroxylation sites is 1. The van der Waals surface area contributed by atoms with Gasteiger partial charge in [-0.15, -0.1) is 0 Å². The van der Waals surface area contributed by atoms with E-state index in [1.807, 2.05) is 6.92 Å². The van der Waals surface area contributed by atoms with Crippen LogP contribution in [-0.2, 0) is 10.0 Å². The summed E-state index contributed by atoms with van der Waals surface area (Å²) in [6.07, 6.45) is 1.91. The normalized spacial score (nSPS) is 16.9. The molecule has 2 amide bonds. The van der Waals surface area contributed by atoms with E-state index in [2.05, 4.69) is 36.2 Å². The van der Waals surface area contributed by atoms with Crippen molar-refractivity contribution in [2.45, 2.75) is 30.7 Å². The third-order valence-corrected chi connectivity index (χ3v) is 7.75. The van der Waals surface area contributed by atoms with E-state index in [-0.39, 0.29) is 23.3 Å². The Bertz CT molecular complexity index is 1070. The maximum Gasteiger partial charge on any atom is 0.323 e. The molecule has 2 aromatic carbocycles. The summed E-state index contributed by atoms with van der Waals surface area (Å²) in [5.41, 5.74) is 0.436. The van der Waals surface area contributed by atoms with E-state index in [1.54, 1.807) is 24.3 Å². The van der Waals surface area contributed by atoms with Crippen molar-refractivity contribution in [3.8, 4) is 5.75 Å². The van der Waals surface area contributed by atoms with Crippen molar-refractivity contribution in [3.63, 3.8) is 0 Å². The predicted molar refractivity (Wildman–Crippen MR) is 125 cm³/mol. The number of nitrogens with zero attached hydrogens (tertiary/aromatic N) is 1. The summed E-state index contributed by atoms with van der Waals surface area (Å²) < 4.78 is 29.0. The van der Waals surface area contributed by atoms with Crippen LogP contribution in [0.5, 0.6) is 5.75 Å². The Kier molecular flexibility index (Phi) is 7.82. The summed E-state index contributed by atoms with van der Waals surface area (Å²) in [7, 11) is -4.10. The third kappa shape index (κ3) is 5.69. The number of benzene rings is 2. The Hall–Kier alpha value is -1.85. The molecule has 0 aliphatic carbocycles. The molecule has 168 valence electrons. The molecular formula is C20H24BrClN4O4S. The lowest BCUT2D eigenvalue weighted by Gasteiger charge is -2.23. The highest BCUT2D eigenvalue weighted by Gasteiger charge is 2.29. The minimum absolute atomic E-state index is 0.0784. The second-order valence-electron chi connectivity index (χ2n) is 7.11. The van der Waals surface area contributed by atoms with Gasteiger partial charge in [0.2, 0.25) is 10.0 Å². The Morgan fingerprint density at radius 3 is 2.65 bits per heavy atom. The first-order valence-corrected chi connectivity index (χ1v) is 12.5.